The van der Waals surface area contributed by atoms with E-state index in [2.05, 4.69) is 0 Å². The van der Waals surface area contributed by atoms with Crippen LogP contribution in [0.1, 0.15) is 30.9 Å². The van der Waals surface area contributed by atoms with Crippen LogP contribution in [0.4, 0.5) is 4.39 Å². The van der Waals surface area contributed by atoms with Crippen molar-refractivity contribution in [2.45, 2.75) is 24.7 Å². The highest BCUT2D eigenvalue weighted by molar-refractivity contribution is 7.87. The van der Waals surface area contributed by atoms with Gasteiger partial charge >= 0.3 is 10.1 Å². The minimum Gasteiger partial charge on any atom is -0.379 e. The number of halogens is 1. The Kier molecular flexibility index (Phi) is 4.48. The minimum atomic E-state index is -4.12. The first-order valence-electron chi connectivity index (χ1n) is 6.57. The lowest BCUT2D eigenvalue weighted by Gasteiger charge is -2.10. The summed E-state index contributed by atoms with van der Waals surface area (Å²) in [5.74, 6) is -0.375. The van der Waals surface area contributed by atoms with Crippen molar-refractivity contribution in [3.63, 3.8) is 0 Å². The van der Waals surface area contributed by atoms with Crippen LogP contribution >= 0.6 is 0 Å². The van der Waals surface area contributed by atoms with Crippen LogP contribution in [0.3, 0.4) is 0 Å². The molecular weight excluding hydrogens is 305 g/mol. The molecule has 114 valence electrons. The van der Waals surface area contributed by atoms with Gasteiger partial charge in [0.15, 0.2) is 0 Å². The van der Waals surface area contributed by atoms with Gasteiger partial charge in [-0.15, -0.1) is 0 Å². The second-order valence-corrected chi connectivity index (χ2v) is 6.56. The average molecular weight is 319 g/mol. The van der Waals surface area contributed by atoms with Crippen molar-refractivity contribution in [1.29, 1.82) is 5.26 Å². The lowest BCUT2D eigenvalue weighted by molar-refractivity contribution is 0.485. The molecule has 0 fully saturated rings. The summed E-state index contributed by atoms with van der Waals surface area (Å²) >= 11 is 0. The van der Waals surface area contributed by atoms with Crippen molar-refractivity contribution in [3.05, 3.63) is 59.4 Å². The second-order valence-electron chi connectivity index (χ2n) is 5.02. The van der Waals surface area contributed by atoms with E-state index in [1.807, 2.05) is 19.9 Å². The van der Waals surface area contributed by atoms with Gasteiger partial charge in [0.05, 0.1) is 5.56 Å². The van der Waals surface area contributed by atoms with Gasteiger partial charge in [0.2, 0.25) is 0 Å². The van der Waals surface area contributed by atoms with E-state index in [1.165, 1.54) is 6.07 Å². The van der Waals surface area contributed by atoms with E-state index in [4.69, 9.17) is 9.44 Å². The molecule has 0 heterocycles. The van der Waals surface area contributed by atoms with Crippen molar-refractivity contribution < 1.29 is 17.0 Å². The van der Waals surface area contributed by atoms with Gasteiger partial charge in [-0.25, -0.2) is 4.39 Å². The monoisotopic (exact) mass is 319 g/mol. The van der Waals surface area contributed by atoms with Gasteiger partial charge in [0.25, 0.3) is 0 Å². The number of nitriles is 1. The van der Waals surface area contributed by atoms with Gasteiger partial charge in [-0.05, 0) is 41.8 Å². The summed E-state index contributed by atoms with van der Waals surface area (Å²) < 4.78 is 42.7. The molecule has 22 heavy (non-hydrogen) atoms. The molecule has 0 N–H and O–H groups in total. The maximum Gasteiger partial charge on any atom is 0.339 e. The summed E-state index contributed by atoms with van der Waals surface area (Å²) in [7, 11) is -4.12. The van der Waals surface area contributed by atoms with Crippen molar-refractivity contribution in [2.24, 2.45) is 0 Å². The van der Waals surface area contributed by atoms with Crippen LogP contribution in [0.2, 0.25) is 0 Å². The standard InChI is InChI=1S/C16H14FNO3S/c1-11(2)12-4-3-5-14(8-12)21-22(19,20)15-6-7-16(17)13(9-15)10-18/h3-9,11H,1-2H3. The molecule has 2 aromatic rings. The van der Waals surface area contributed by atoms with Crippen molar-refractivity contribution in [2.75, 3.05) is 0 Å². The Morgan fingerprint density at radius 2 is 1.91 bits per heavy atom. The molecule has 0 bridgehead atoms. The van der Waals surface area contributed by atoms with Gasteiger partial charge in [0.1, 0.15) is 22.5 Å². The molecule has 6 heteroatoms. The van der Waals surface area contributed by atoms with Crippen LogP contribution in [0, 0.1) is 17.1 Å². The molecule has 0 atom stereocenters. The van der Waals surface area contributed by atoms with Crippen LogP contribution in [0.5, 0.6) is 5.75 Å². The summed E-state index contributed by atoms with van der Waals surface area (Å²) in [6, 6.07) is 11.3. The lowest BCUT2D eigenvalue weighted by atomic mass is 10.0. The van der Waals surface area contributed by atoms with E-state index in [0.717, 1.165) is 23.8 Å². The topological polar surface area (TPSA) is 67.2 Å². The molecule has 4 nitrogen and oxygen atoms in total. The molecule has 0 spiro atoms. The average Bonchev–Trinajstić information content (AvgIpc) is 2.47. The fourth-order valence-corrected chi connectivity index (χ4v) is 2.80. The second kappa shape index (κ2) is 6.16. The van der Waals surface area contributed by atoms with Crippen molar-refractivity contribution in [1.82, 2.24) is 0 Å². The fourth-order valence-electron chi connectivity index (χ4n) is 1.85. The van der Waals surface area contributed by atoms with E-state index in [-0.39, 0.29) is 22.1 Å². The molecule has 0 aliphatic rings. The van der Waals surface area contributed by atoms with Gasteiger partial charge in [-0.1, -0.05) is 26.0 Å². The smallest absolute Gasteiger partial charge is 0.339 e. The minimum absolute atomic E-state index is 0.175. The van der Waals surface area contributed by atoms with Crippen LogP contribution in [0.15, 0.2) is 47.4 Å². The summed E-state index contributed by atoms with van der Waals surface area (Å²) in [5.41, 5.74) is 0.588. The zero-order valence-corrected chi connectivity index (χ0v) is 12.9. The zero-order chi connectivity index (χ0) is 16.3. The predicted octanol–water partition coefficient (Wildman–Crippen LogP) is 3.59. The molecule has 0 aromatic heterocycles. The van der Waals surface area contributed by atoms with Gasteiger partial charge < -0.3 is 4.18 Å². The summed E-state index contributed by atoms with van der Waals surface area (Å²) in [5, 5.41) is 8.77. The molecule has 0 saturated carbocycles. The van der Waals surface area contributed by atoms with Gasteiger partial charge in [-0.2, -0.15) is 13.7 Å². The Balaban J connectivity index is 2.36. The lowest BCUT2D eigenvalue weighted by Crippen LogP contribution is -2.10. The molecule has 0 unspecified atom stereocenters. The Bertz CT molecular complexity index is 839. The molecule has 2 rings (SSSR count). The number of nitrogens with zero attached hydrogens (tertiary/aromatic N) is 1. The molecule has 0 aliphatic carbocycles. The molecule has 0 radical (unpaired) electrons. The van der Waals surface area contributed by atoms with Crippen molar-refractivity contribution in [3.8, 4) is 11.8 Å². The molecular formula is C16H14FNO3S. The zero-order valence-electron chi connectivity index (χ0n) is 12.1. The first-order chi connectivity index (χ1) is 10.3. The first-order valence-corrected chi connectivity index (χ1v) is 7.98. The number of hydrogen-bond donors (Lipinski definition) is 0. The largest absolute Gasteiger partial charge is 0.379 e. The number of benzene rings is 2. The maximum atomic E-state index is 13.3. The maximum absolute atomic E-state index is 13.3. The van der Waals surface area contributed by atoms with E-state index >= 15 is 0 Å². The molecule has 0 amide bonds. The van der Waals surface area contributed by atoms with E-state index in [1.54, 1.807) is 18.2 Å². The molecule has 0 aliphatic heterocycles. The third-order valence-electron chi connectivity index (χ3n) is 3.08. The SMILES string of the molecule is CC(C)c1cccc(OS(=O)(=O)c2ccc(F)c(C#N)c2)c1. The third-order valence-corrected chi connectivity index (χ3v) is 4.32. The van der Waals surface area contributed by atoms with Crippen molar-refractivity contribution >= 4 is 10.1 Å². The molecule has 2 aromatic carbocycles. The highest BCUT2D eigenvalue weighted by Crippen LogP contribution is 2.24. The number of rotatable bonds is 4. The van der Waals surface area contributed by atoms with Crippen LogP contribution in [0.25, 0.3) is 0 Å². The fraction of sp³-hybridized carbons (Fsp3) is 0.188. The van der Waals surface area contributed by atoms with Crippen LogP contribution in [-0.2, 0) is 10.1 Å². The Morgan fingerprint density at radius 3 is 2.55 bits per heavy atom. The third kappa shape index (κ3) is 3.43. The van der Waals surface area contributed by atoms with Gasteiger partial charge in [0, 0.05) is 0 Å². The highest BCUT2D eigenvalue weighted by Gasteiger charge is 2.19. The molecule has 0 saturated heterocycles. The Morgan fingerprint density at radius 1 is 1.18 bits per heavy atom. The normalized spacial score (nSPS) is 11.2. The quantitative estimate of drug-likeness (QED) is 0.808. The van der Waals surface area contributed by atoms with Crippen LogP contribution in [-0.4, -0.2) is 8.42 Å². The first kappa shape index (κ1) is 16.0. The summed E-state index contributed by atoms with van der Waals surface area (Å²) in [6.45, 7) is 3.96. The van der Waals surface area contributed by atoms with Crippen LogP contribution < -0.4 is 4.18 Å². The van der Waals surface area contributed by atoms with E-state index in [0.29, 0.717) is 0 Å². The summed E-state index contributed by atoms with van der Waals surface area (Å²) in [4.78, 5) is -0.264. The van der Waals surface area contributed by atoms with E-state index < -0.39 is 15.9 Å². The highest BCUT2D eigenvalue weighted by atomic mass is 32.2. The Hall–Kier alpha value is -2.39. The van der Waals surface area contributed by atoms with Gasteiger partial charge in [-0.3, -0.25) is 0 Å². The number of hydrogen-bond acceptors (Lipinski definition) is 4. The Labute approximate surface area is 128 Å². The summed E-state index contributed by atoms with van der Waals surface area (Å²) in [6.07, 6.45) is 0. The van der Waals surface area contributed by atoms with E-state index in [9.17, 15) is 12.8 Å². The predicted molar refractivity (Wildman–Crippen MR) is 79.5 cm³/mol.